The van der Waals surface area contributed by atoms with Crippen LogP contribution in [0.5, 0.6) is 0 Å². The molecule has 0 radical (unpaired) electrons. The van der Waals surface area contributed by atoms with E-state index in [1.165, 1.54) is 6.07 Å². The van der Waals surface area contributed by atoms with Crippen LogP contribution in [-0.4, -0.2) is 30.1 Å². The fourth-order valence-electron chi connectivity index (χ4n) is 2.87. The molecule has 2 aromatic carbocycles. The van der Waals surface area contributed by atoms with E-state index in [9.17, 15) is 9.18 Å². The summed E-state index contributed by atoms with van der Waals surface area (Å²) in [7, 11) is 0. The van der Waals surface area contributed by atoms with Crippen molar-refractivity contribution in [3.05, 3.63) is 64.4 Å². The Balaban J connectivity index is 1.63. The Kier molecular flexibility index (Phi) is 5.02. The van der Waals surface area contributed by atoms with E-state index >= 15 is 0 Å². The summed E-state index contributed by atoms with van der Waals surface area (Å²) in [5.41, 5.74) is 1.99. The van der Waals surface area contributed by atoms with Crippen molar-refractivity contribution in [2.45, 2.75) is 19.1 Å². The third-order valence-corrected chi connectivity index (χ3v) is 4.47. The van der Waals surface area contributed by atoms with Gasteiger partial charge in [-0.3, -0.25) is 4.79 Å². The molecule has 1 aliphatic heterocycles. The van der Waals surface area contributed by atoms with E-state index in [1.807, 2.05) is 4.90 Å². The number of rotatable bonds is 4. The van der Waals surface area contributed by atoms with Gasteiger partial charge in [0.05, 0.1) is 11.6 Å². The number of amides is 1. The average molecular weight is 349 g/mol. The van der Waals surface area contributed by atoms with Crippen molar-refractivity contribution in [1.29, 1.82) is 0 Å². The molecule has 0 bridgehead atoms. The Hall–Kier alpha value is -2.11. The molecule has 0 saturated carbocycles. The summed E-state index contributed by atoms with van der Waals surface area (Å²) in [5.74, 6) is -0.609. The van der Waals surface area contributed by atoms with Gasteiger partial charge in [-0.1, -0.05) is 23.7 Å². The number of hydrogen-bond donors (Lipinski definition) is 2. The number of nitrogens with one attached hydrogen (secondary N) is 1. The lowest BCUT2D eigenvalue weighted by atomic mass is 10.1. The van der Waals surface area contributed by atoms with Crippen molar-refractivity contribution in [3.63, 3.8) is 0 Å². The molecule has 1 fully saturated rings. The Morgan fingerprint density at radius 2 is 2.17 bits per heavy atom. The van der Waals surface area contributed by atoms with Gasteiger partial charge < -0.3 is 15.3 Å². The molecule has 3 rings (SSSR count). The lowest BCUT2D eigenvalue weighted by Crippen LogP contribution is -2.37. The third kappa shape index (κ3) is 3.68. The third-order valence-electron chi connectivity index (χ3n) is 4.16. The average Bonchev–Trinajstić information content (AvgIpc) is 3.06. The number of hydrogen-bond acceptors (Lipinski definition) is 3. The van der Waals surface area contributed by atoms with E-state index in [0.717, 1.165) is 18.7 Å². The van der Waals surface area contributed by atoms with E-state index in [-0.39, 0.29) is 23.6 Å². The summed E-state index contributed by atoms with van der Waals surface area (Å²) in [6.07, 6.45) is 0.787. The van der Waals surface area contributed by atoms with Crippen molar-refractivity contribution in [1.82, 2.24) is 5.32 Å². The van der Waals surface area contributed by atoms with E-state index < -0.39 is 5.82 Å². The molecular weight excluding hydrogens is 331 g/mol. The maximum atomic E-state index is 13.6. The molecule has 2 N–H and O–H groups in total. The molecule has 2 aromatic rings. The molecule has 24 heavy (non-hydrogen) atoms. The topological polar surface area (TPSA) is 52.6 Å². The van der Waals surface area contributed by atoms with Crippen molar-refractivity contribution in [2.75, 3.05) is 18.0 Å². The Morgan fingerprint density at radius 3 is 2.92 bits per heavy atom. The molecule has 1 atom stereocenters. The van der Waals surface area contributed by atoms with E-state index in [0.29, 0.717) is 17.7 Å². The molecule has 126 valence electrons. The zero-order chi connectivity index (χ0) is 17.1. The van der Waals surface area contributed by atoms with Crippen LogP contribution >= 0.6 is 11.6 Å². The minimum Gasteiger partial charge on any atom is -0.392 e. The van der Waals surface area contributed by atoms with Gasteiger partial charge in [0.2, 0.25) is 0 Å². The minimum absolute atomic E-state index is 0.00554. The van der Waals surface area contributed by atoms with Crippen molar-refractivity contribution in [3.8, 4) is 0 Å². The van der Waals surface area contributed by atoms with Gasteiger partial charge in [0, 0.05) is 30.4 Å². The molecule has 1 amide bonds. The summed E-state index contributed by atoms with van der Waals surface area (Å²) in [4.78, 5) is 14.3. The van der Waals surface area contributed by atoms with Gasteiger partial charge in [0.1, 0.15) is 5.82 Å². The smallest absolute Gasteiger partial charge is 0.251 e. The van der Waals surface area contributed by atoms with Crippen LogP contribution in [0.25, 0.3) is 0 Å². The van der Waals surface area contributed by atoms with Gasteiger partial charge in [-0.15, -0.1) is 0 Å². The number of carbonyl (C=O) groups excluding carboxylic acids is 1. The number of aliphatic hydroxyl groups excluding tert-OH is 1. The molecule has 0 aliphatic carbocycles. The number of halogens is 2. The van der Waals surface area contributed by atoms with Crippen LogP contribution in [0.4, 0.5) is 10.1 Å². The Bertz CT molecular complexity index is 754. The number of anilines is 1. The van der Waals surface area contributed by atoms with Crippen LogP contribution in [0.15, 0.2) is 42.5 Å². The minimum atomic E-state index is -0.442. The summed E-state index contributed by atoms with van der Waals surface area (Å²) >= 11 is 5.71. The summed E-state index contributed by atoms with van der Waals surface area (Å²) in [6, 6.07) is 11.6. The number of benzene rings is 2. The predicted octanol–water partition coefficient (Wildman–Crippen LogP) is 2.98. The summed E-state index contributed by atoms with van der Waals surface area (Å²) in [5, 5.41) is 12.2. The van der Waals surface area contributed by atoms with Crippen molar-refractivity contribution < 1.29 is 14.3 Å². The Labute approximate surface area is 144 Å². The highest BCUT2D eigenvalue weighted by molar-refractivity contribution is 6.30. The van der Waals surface area contributed by atoms with E-state index in [1.54, 1.807) is 36.4 Å². The number of nitrogens with zero attached hydrogens (tertiary/aromatic N) is 1. The largest absolute Gasteiger partial charge is 0.392 e. The first-order valence-corrected chi connectivity index (χ1v) is 8.15. The van der Waals surface area contributed by atoms with Gasteiger partial charge in [0.25, 0.3) is 5.91 Å². The second kappa shape index (κ2) is 7.20. The van der Waals surface area contributed by atoms with Crippen LogP contribution in [0.3, 0.4) is 0 Å². The van der Waals surface area contributed by atoms with Gasteiger partial charge in [-0.2, -0.15) is 0 Å². The maximum absolute atomic E-state index is 13.6. The molecule has 1 saturated heterocycles. The molecule has 0 aromatic heterocycles. The van der Waals surface area contributed by atoms with E-state index in [2.05, 4.69) is 5.32 Å². The molecule has 6 heteroatoms. The van der Waals surface area contributed by atoms with E-state index in [4.69, 9.17) is 16.7 Å². The Morgan fingerprint density at radius 1 is 1.33 bits per heavy atom. The zero-order valence-corrected chi connectivity index (χ0v) is 13.8. The highest BCUT2D eigenvalue weighted by Gasteiger charge is 2.25. The van der Waals surface area contributed by atoms with Gasteiger partial charge in [-0.25, -0.2) is 4.39 Å². The van der Waals surface area contributed by atoms with Crippen LogP contribution < -0.4 is 10.2 Å². The highest BCUT2D eigenvalue weighted by Crippen LogP contribution is 2.25. The number of carbonyl (C=O) groups is 1. The maximum Gasteiger partial charge on any atom is 0.251 e. The molecule has 1 heterocycles. The molecule has 4 nitrogen and oxygen atoms in total. The predicted molar refractivity (Wildman–Crippen MR) is 91.9 cm³/mol. The fraction of sp³-hybridized carbons (Fsp3) is 0.278. The summed E-state index contributed by atoms with van der Waals surface area (Å²) < 4.78 is 13.6. The number of aliphatic hydroxyl groups is 1. The lowest BCUT2D eigenvalue weighted by molar-refractivity contribution is 0.0940. The second-order valence-corrected chi connectivity index (χ2v) is 6.27. The van der Waals surface area contributed by atoms with Gasteiger partial charge in [0.15, 0.2) is 0 Å². The quantitative estimate of drug-likeness (QED) is 0.893. The van der Waals surface area contributed by atoms with Gasteiger partial charge >= 0.3 is 0 Å². The second-order valence-electron chi connectivity index (χ2n) is 5.86. The van der Waals surface area contributed by atoms with Crippen molar-refractivity contribution in [2.24, 2.45) is 0 Å². The monoisotopic (exact) mass is 348 g/mol. The summed E-state index contributed by atoms with van der Waals surface area (Å²) in [6.45, 7) is 1.26. The van der Waals surface area contributed by atoms with Crippen LogP contribution in [0.2, 0.25) is 5.02 Å². The van der Waals surface area contributed by atoms with Crippen LogP contribution in [-0.2, 0) is 6.61 Å². The standard InChI is InChI=1S/C18H18ClFN2O2/c19-16-5-4-15(9-17(16)20)22-7-6-14(10-22)21-18(24)13-3-1-2-12(8-13)11-23/h1-5,8-9,14,23H,6-7,10-11H2,(H,21,24). The first-order chi connectivity index (χ1) is 11.6. The fourth-order valence-corrected chi connectivity index (χ4v) is 2.99. The first-order valence-electron chi connectivity index (χ1n) is 7.77. The SMILES string of the molecule is O=C(NC1CCN(c2ccc(Cl)c(F)c2)C1)c1cccc(CO)c1. The first kappa shape index (κ1) is 16.7. The molecule has 1 unspecified atom stereocenters. The molecular formula is C18H18ClFN2O2. The normalized spacial score (nSPS) is 17.1. The van der Waals surface area contributed by atoms with Crippen LogP contribution in [0.1, 0.15) is 22.3 Å². The zero-order valence-electron chi connectivity index (χ0n) is 13.0. The lowest BCUT2D eigenvalue weighted by Gasteiger charge is -2.19. The van der Waals surface area contributed by atoms with Gasteiger partial charge in [-0.05, 0) is 42.3 Å². The highest BCUT2D eigenvalue weighted by atomic mass is 35.5. The molecule has 1 aliphatic rings. The van der Waals surface area contributed by atoms with Crippen molar-refractivity contribution >= 4 is 23.2 Å². The molecule has 0 spiro atoms. The van der Waals surface area contributed by atoms with Crippen LogP contribution in [0, 0.1) is 5.82 Å².